The van der Waals surface area contributed by atoms with E-state index in [2.05, 4.69) is 14.7 Å². The molecule has 0 aliphatic carbocycles. The van der Waals surface area contributed by atoms with Crippen LogP contribution in [0.1, 0.15) is 0 Å². The highest BCUT2D eigenvalue weighted by Crippen LogP contribution is 2.27. The zero-order valence-electron chi connectivity index (χ0n) is 13.9. The second-order valence-electron chi connectivity index (χ2n) is 6.07. The summed E-state index contributed by atoms with van der Waals surface area (Å²) in [7, 11) is -3.31. The maximum Gasteiger partial charge on any atom is 0.257 e. The highest BCUT2D eigenvalue weighted by atomic mass is 32.2. The monoisotopic (exact) mass is 365 g/mol. The Morgan fingerprint density at radius 1 is 0.923 bits per heavy atom. The third kappa shape index (κ3) is 3.04. The standard InChI is InChI=1S/C19H15N3O3S/c1-26(24,25)22-14-8-6-12(7-9-14)13-10-17-15-4-2-3-5-16(15)19(23)21-18(17)20-11-13/h2-11,22H,1H3,(H,20,21,23). The predicted octanol–water partition coefficient (Wildman–Crippen LogP) is 3.11. The average molecular weight is 365 g/mol. The SMILES string of the molecule is CS(=O)(=O)Nc1ccc(-c2cnc3[nH]c(=O)c4ccccc4c3c2)cc1. The number of anilines is 1. The maximum absolute atomic E-state index is 12.1. The third-order valence-electron chi connectivity index (χ3n) is 4.10. The summed E-state index contributed by atoms with van der Waals surface area (Å²) in [6.07, 6.45) is 2.80. The van der Waals surface area contributed by atoms with Gasteiger partial charge in [-0.3, -0.25) is 9.52 Å². The molecule has 2 aromatic carbocycles. The Bertz CT molecular complexity index is 1290. The van der Waals surface area contributed by atoms with Gasteiger partial charge < -0.3 is 4.98 Å². The molecule has 7 heteroatoms. The van der Waals surface area contributed by atoms with Gasteiger partial charge in [0, 0.05) is 28.2 Å². The third-order valence-corrected chi connectivity index (χ3v) is 4.71. The van der Waals surface area contributed by atoms with Crippen molar-refractivity contribution in [2.24, 2.45) is 0 Å². The fraction of sp³-hybridized carbons (Fsp3) is 0.0526. The Morgan fingerprint density at radius 3 is 2.31 bits per heavy atom. The summed E-state index contributed by atoms with van der Waals surface area (Å²) in [5.41, 5.74) is 2.64. The Morgan fingerprint density at radius 2 is 1.62 bits per heavy atom. The molecule has 0 spiro atoms. The number of H-pyrrole nitrogens is 1. The van der Waals surface area contributed by atoms with Crippen LogP contribution in [0.5, 0.6) is 0 Å². The lowest BCUT2D eigenvalue weighted by molar-refractivity contribution is 0.607. The van der Waals surface area contributed by atoms with E-state index in [-0.39, 0.29) is 5.56 Å². The fourth-order valence-corrected chi connectivity index (χ4v) is 3.53. The predicted molar refractivity (Wildman–Crippen MR) is 104 cm³/mol. The number of hydrogen-bond acceptors (Lipinski definition) is 4. The molecule has 0 amide bonds. The van der Waals surface area contributed by atoms with Crippen LogP contribution in [0.3, 0.4) is 0 Å². The average Bonchev–Trinajstić information content (AvgIpc) is 2.61. The van der Waals surface area contributed by atoms with E-state index in [0.717, 1.165) is 28.2 Å². The Labute approximate surface area is 149 Å². The van der Waals surface area contributed by atoms with Crippen molar-refractivity contribution in [3.8, 4) is 11.1 Å². The number of rotatable bonds is 3. The van der Waals surface area contributed by atoms with Crippen molar-refractivity contribution >= 4 is 37.5 Å². The first-order chi connectivity index (χ1) is 12.4. The minimum Gasteiger partial charge on any atom is -0.306 e. The molecule has 0 fully saturated rings. The van der Waals surface area contributed by atoms with Gasteiger partial charge in [0.15, 0.2) is 0 Å². The summed E-state index contributed by atoms with van der Waals surface area (Å²) < 4.78 is 25.0. The summed E-state index contributed by atoms with van der Waals surface area (Å²) in [5, 5.41) is 2.32. The minimum atomic E-state index is -3.31. The lowest BCUT2D eigenvalue weighted by atomic mass is 10.0. The number of nitrogens with one attached hydrogen (secondary N) is 2. The number of aromatic nitrogens is 2. The van der Waals surface area contributed by atoms with Crippen molar-refractivity contribution in [2.45, 2.75) is 0 Å². The molecule has 0 unspecified atom stereocenters. The number of nitrogens with zero attached hydrogens (tertiary/aromatic N) is 1. The van der Waals surface area contributed by atoms with Crippen molar-refractivity contribution in [3.05, 3.63) is 71.1 Å². The van der Waals surface area contributed by atoms with Gasteiger partial charge in [-0.15, -0.1) is 0 Å². The molecule has 26 heavy (non-hydrogen) atoms. The van der Waals surface area contributed by atoms with Crippen molar-refractivity contribution in [1.29, 1.82) is 0 Å². The van der Waals surface area contributed by atoms with Crippen molar-refractivity contribution in [2.75, 3.05) is 11.0 Å². The van der Waals surface area contributed by atoms with E-state index in [9.17, 15) is 13.2 Å². The van der Waals surface area contributed by atoms with Gasteiger partial charge in [-0.1, -0.05) is 30.3 Å². The number of hydrogen-bond donors (Lipinski definition) is 2. The molecular formula is C19H15N3O3S. The topological polar surface area (TPSA) is 91.9 Å². The Balaban J connectivity index is 1.84. The molecule has 6 nitrogen and oxygen atoms in total. The van der Waals surface area contributed by atoms with Gasteiger partial charge in [0.05, 0.1) is 6.26 Å². The van der Waals surface area contributed by atoms with Crippen LogP contribution in [0, 0.1) is 0 Å². The van der Waals surface area contributed by atoms with Crippen LogP contribution < -0.4 is 10.3 Å². The fourth-order valence-electron chi connectivity index (χ4n) is 2.96. The normalized spacial score (nSPS) is 11.7. The van der Waals surface area contributed by atoms with E-state index < -0.39 is 10.0 Å². The molecule has 0 aliphatic heterocycles. The number of benzene rings is 2. The Kier molecular flexibility index (Phi) is 3.73. The van der Waals surface area contributed by atoms with Crippen molar-refractivity contribution in [1.82, 2.24) is 9.97 Å². The molecule has 2 aromatic heterocycles. The molecule has 0 radical (unpaired) electrons. The van der Waals surface area contributed by atoms with Gasteiger partial charge in [-0.05, 0) is 35.2 Å². The molecule has 0 saturated heterocycles. The summed E-state index contributed by atoms with van der Waals surface area (Å²) in [5.74, 6) is 0. The van der Waals surface area contributed by atoms with E-state index in [1.807, 2.05) is 36.4 Å². The maximum atomic E-state index is 12.1. The van der Waals surface area contributed by atoms with Gasteiger partial charge in [-0.25, -0.2) is 13.4 Å². The van der Waals surface area contributed by atoms with Crippen LogP contribution in [0.4, 0.5) is 5.69 Å². The summed E-state index contributed by atoms with van der Waals surface area (Å²) >= 11 is 0. The number of fused-ring (bicyclic) bond motifs is 3. The molecule has 4 aromatic rings. The van der Waals surface area contributed by atoms with Gasteiger partial charge in [0.25, 0.3) is 5.56 Å². The van der Waals surface area contributed by atoms with E-state index in [1.165, 1.54) is 0 Å². The molecule has 0 aliphatic rings. The zero-order valence-corrected chi connectivity index (χ0v) is 14.7. The summed E-state index contributed by atoms with van der Waals surface area (Å²) in [6, 6.07) is 16.4. The van der Waals surface area contributed by atoms with Gasteiger partial charge in [0.1, 0.15) is 5.65 Å². The van der Waals surface area contributed by atoms with E-state index >= 15 is 0 Å². The minimum absolute atomic E-state index is 0.162. The second-order valence-corrected chi connectivity index (χ2v) is 7.82. The van der Waals surface area contributed by atoms with E-state index in [1.54, 1.807) is 24.4 Å². The Hall–Kier alpha value is -3.19. The van der Waals surface area contributed by atoms with E-state index in [4.69, 9.17) is 0 Å². The lowest BCUT2D eigenvalue weighted by Crippen LogP contribution is -2.09. The lowest BCUT2D eigenvalue weighted by Gasteiger charge is -2.08. The van der Waals surface area contributed by atoms with Crippen molar-refractivity contribution < 1.29 is 8.42 Å². The van der Waals surface area contributed by atoms with Gasteiger partial charge >= 0.3 is 0 Å². The summed E-state index contributed by atoms with van der Waals surface area (Å²) in [4.78, 5) is 19.3. The van der Waals surface area contributed by atoms with Gasteiger partial charge in [0.2, 0.25) is 10.0 Å². The first kappa shape index (κ1) is 16.3. The zero-order chi connectivity index (χ0) is 18.3. The second kappa shape index (κ2) is 5.96. The number of sulfonamides is 1. The molecule has 0 saturated carbocycles. The smallest absolute Gasteiger partial charge is 0.257 e. The molecule has 4 rings (SSSR count). The molecule has 2 heterocycles. The first-order valence-electron chi connectivity index (χ1n) is 7.90. The summed E-state index contributed by atoms with van der Waals surface area (Å²) in [6.45, 7) is 0. The number of pyridine rings is 2. The van der Waals surface area contributed by atoms with Crippen LogP contribution in [-0.4, -0.2) is 24.6 Å². The van der Waals surface area contributed by atoms with Crippen molar-refractivity contribution in [3.63, 3.8) is 0 Å². The highest BCUT2D eigenvalue weighted by molar-refractivity contribution is 7.92. The highest BCUT2D eigenvalue weighted by Gasteiger charge is 2.08. The van der Waals surface area contributed by atoms with Crippen LogP contribution >= 0.6 is 0 Å². The van der Waals surface area contributed by atoms with Crippen LogP contribution in [-0.2, 0) is 10.0 Å². The molecule has 0 atom stereocenters. The largest absolute Gasteiger partial charge is 0.306 e. The molecule has 130 valence electrons. The quantitative estimate of drug-likeness (QED) is 0.546. The van der Waals surface area contributed by atoms with Crippen LogP contribution in [0.15, 0.2) is 65.6 Å². The van der Waals surface area contributed by atoms with Crippen LogP contribution in [0.2, 0.25) is 0 Å². The number of aromatic amines is 1. The molecular weight excluding hydrogens is 350 g/mol. The van der Waals surface area contributed by atoms with Crippen LogP contribution in [0.25, 0.3) is 32.9 Å². The molecule has 0 bridgehead atoms. The van der Waals surface area contributed by atoms with Gasteiger partial charge in [-0.2, -0.15) is 0 Å². The van der Waals surface area contributed by atoms with E-state index in [0.29, 0.717) is 16.7 Å². The molecule has 2 N–H and O–H groups in total. The first-order valence-corrected chi connectivity index (χ1v) is 9.79.